The number of likely N-dealkylation sites (N-methyl/N-ethyl adjacent to an activating group) is 1. The molecule has 0 saturated heterocycles. The summed E-state index contributed by atoms with van der Waals surface area (Å²) in [7, 11) is 1.53. The molecular weight excluding hydrogens is 247 g/mol. The van der Waals surface area contributed by atoms with Crippen LogP contribution in [0.4, 0.5) is 13.2 Å². The quantitative estimate of drug-likeness (QED) is 0.871. The highest BCUT2D eigenvalue weighted by Crippen LogP contribution is 2.26. The third kappa shape index (κ3) is 4.86. The number of nitrogens with one attached hydrogen (secondary N) is 1. The zero-order chi connectivity index (χ0) is 11.5. The largest absolute Gasteiger partial charge is 0.390 e. The Kier molecular flexibility index (Phi) is 4.43. The number of rotatable bonds is 4. The molecule has 6 heteroatoms. The zero-order valence-electron chi connectivity index (χ0n) is 8.07. The second-order valence-corrected chi connectivity index (χ2v) is 5.01. The minimum Gasteiger partial charge on any atom is -0.316 e. The highest BCUT2D eigenvalue weighted by molar-refractivity contribution is 7.16. The van der Waals surface area contributed by atoms with Crippen LogP contribution in [0.5, 0.6) is 0 Å². The maximum atomic E-state index is 12.1. The van der Waals surface area contributed by atoms with E-state index in [-0.39, 0.29) is 0 Å². The van der Waals surface area contributed by atoms with Crippen molar-refractivity contribution in [1.82, 2.24) is 5.32 Å². The van der Waals surface area contributed by atoms with Gasteiger partial charge in [-0.25, -0.2) is 0 Å². The lowest BCUT2D eigenvalue weighted by Gasteiger charge is -2.16. The Balaban J connectivity index is 2.54. The minimum atomic E-state index is -4.13. The fraction of sp³-hybridized carbons (Fsp3) is 0.556. The van der Waals surface area contributed by atoms with E-state index >= 15 is 0 Å². The summed E-state index contributed by atoms with van der Waals surface area (Å²) >= 11 is 7.01. The maximum absolute atomic E-state index is 12.1. The number of thiophene rings is 1. The summed E-state index contributed by atoms with van der Waals surface area (Å²) in [4.78, 5) is 0.864. The van der Waals surface area contributed by atoms with Crippen LogP contribution < -0.4 is 5.32 Å². The summed E-state index contributed by atoms with van der Waals surface area (Å²) in [5.74, 6) is 0. The fourth-order valence-electron chi connectivity index (χ4n) is 1.26. The van der Waals surface area contributed by atoms with E-state index in [4.69, 9.17) is 11.6 Å². The van der Waals surface area contributed by atoms with Crippen molar-refractivity contribution >= 4 is 22.9 Å². The van der Waals surface area contributed by atoms with Crippen molar-refractivity contribution in [3.63, 3.8) is 0 Å². The number of halogens is 4. The highest BCUT2D eigenvalue weighted by Gasteiger charge is 2.31. The van der Waals surface area contributed by atoms with Gasteiger partial charge < -0.3 is 5.32 Å². The third-order valence-electron chi connectivity index (χ3n) is 1.96. The monoisotopic (exact) mass is 257 g/mol. The van der Waals surface area contributed by atoms with Gasteiger partial charge in [-0.05, 0) is 25.6 Å². The Morgan fingerprint density at radius 2 is 2.13 bits per heavy atom. The van der Waals surface area contributed by atoms with Crippen LogP contribution >= 0.6 is 22.9 Å². The van der Waals surface area contributed by atoms with Crippen LogP contribution in [0.1, 0.15) is 11.3 Å². The van der Waals surface area contributed by atoms with E-state index in [9.17, 15) is 13.2 Å². The van der Waals surface area contributed by atoms with E-state index in [1.807, 2.05) is 0 Å². The second kappa shape index (κ2) is 5.18. The van der Waals surface area contributed by atoms with E-state index in [2.05, 4.69) is 5.32 Å². The van der Waals surface area contributed by atoms with Crippen molar-refractivity contribution in [3.8, 4) is 0 Å². The number of alkyl halides is 3. The molecule has 0 aliphatic carbocycles. The SMILES string of the molecule is CNC(Cc1ccc(Cl)s1)CC(F)(F)F. The molecule has 1 atom stereocenters. The van der Waals surface area contributed by atoms with E-state index in [0.29, 0.717) is 10.8 Å². The molecule has 1 heterocycles. The first-order chi connectivity index (χ1) is 6.90. The third-order valence-corrected chi connectivity index (χ3v) is 3.22. The molecular formula is C9H11ClF3NS. The Morgan fingerprint density at radius 3 is 2.53 bits per heavy atom. The molecule has 0 spiro atoms. The summed E-state index contributed by atoms with van der Waals surface area (Å²) in [5, 5.41) is 2.66. The summed E-state index contributed by atoms with van der Waals surface area (Å²) in [5.41, 5.74) is 0. The van der Waals surface area contributed by atoms with Crippen LogP contribution in [0.15, 0.2) is 12.1 Å². The lowest BCUT2D eigenvalue weighted by Crippen LogP contribution is -2.32. The molecule has 0 fully saturated rings. The van der Waals surface area contributed by atoms with Crippen LogP contribution in [0.3, 0.4) is 0 Å². The molecule has 0 amide bonds. The van der Waals surface area contributed by atoms with Gasteiger partial charge >= 0.3 is 6.18 Å². The van der Waals surface area contributed by atoms with E-state index in [1.165, 1.54) is 18.4 Å². The molecule has 0 aromatic carbocycles. The molecule has 0 aliphatic rings. The normalized spacial score (nSPS) is 14.2. The minimum absolute atomic E-state index is 0.355. The van der Waals surface area contributed by atoms with Gasteiger partial charge in [-0.3, -0.25) is 0 Å². The molecule has 1 rings (SSSR count). The Bertz CT molecular complexity index is 311. The fourth-order valence-corrected chi connectivity index (χ4v) is 2.43. The summed E-state index contributed by atoms with van der Waals surface area (Å²) in [6, 6.07) is 2.87. The number of hydrogen-bond donors (Lipinski definition) is 1. The Labute approximate surface area is 95.2 Å². The average molecular weight is 258 g/mol. The van der Waals surface area contributed by atoms with Gasteiger partial charge in [0.05, 0.1) is 10.8 Å². The Morgan fingerprint density at radius 1 is 1.47 bits per heavy atom. The number of hydrogen-bond acceptors (Lipinski definition) is 2. The van der Waals surface area contributed by atoms with Gasteiger partial charge in [0, 0.05) is 10.9 Å². The van der Waals surface area contributed by atoms with Crippen LogP contribution in [-0.4, -0.2) is 19.3 Å². The van der Waals surface area contributed by atoms with E-state index < -0.39 is 18.6 Å². The van der Waals surface area contributed by atoms with Gasteiger partial charge in [-0.15, -0.1) is 11.3 Å². The standard InChI is InChI=1S/C9H11ClF3NS/c1-14-6(5-9(11,12)13)4-7-2-3-8(10)15-7/h2-3,6,14H,4-5H2,1H3. The molecule has 0 aliphatic heterocycles. The second-order valence-electron chi connectivity index (χ2n) is 3.21. The molecule has 0 saturated carbocycles. The van der Waals surface area contributed by atoms with Crippen LogP contribution in [0.25, 0.3) is 0 Å². The molecule has 1 aromatic rings. The summed E-state index contributed by atoms with van der Waals surface area (Å²) < 4.78 is 37.0. The first-order valence-electron chi connectivity index (χ1n) is 4.39. The molecule has 1 unspecified atom stereocenters. The van der Waals surface area contributed by atoms with Crippen molar-refractivity contribution in [2.75, 3.05) is 7.05 Å². The molecule has 1 N–H and O–H groups in total. The van der Waals surface area contributed by atoms with Crippen LogP contribution in [0.2, 0.25) is 4.34 Å². The van der Waals surface area contributed by atoms with Gasteiger partial charge in [0.25, 0.3) is 0 Å². The van der Waals surface area contributed by atoms with E-state index in [0.717, 1.165) is 4.88 Å². The van der Waals surface area contributed by atoms with Gasteiger partial charge in [0.1, 0.15) is 0 Å². The molecule has 1 nitrogen and oxygen atoms in total. The van der Waals surface area contributed by atoms with Crippen molar-refractivity contribution in [2.24, 2.45) is 0 Å². The summed E-state index contributed by atoms with van der Waals surface area (Å²) in [6.07, 6.45) is -4.60. The first kappa shape index (κ1) is 12.8. The lowest BCUT2D eigenvalue weighted by atomic mass is 10.1. The van der Waals surface area contributed by atoms with Gasteiger partial charge in [0.15, 0.2) is 0 Å². The van der Waals surface area contributed by atoms with Gasteiger partial charge in [-0.2, -0.15) is 13.2 Å². The average Bonchev–Trinajstić information content (AvgIpc) is 2.47. The molecule has 0 bridgehead atoms. The van der Waals surface area contributed by atoms with Crippen LogP contribution in [-0.2, 0) is 6.42 Å². The lowest BCUT2D eigenvalue weighted by molar-refractivity contribution is -0.139. The predicted molar refractivity (Wildman–Crippen MR) is 56.6 cm³/mol. The highest BCUT2D eigenvalue weighted by atomic mass is 35.5. The molecule has 86 valence electrons. The smallest absolute Gasteiger partial charge is 0.316 e. The topological polar surface area (TPSA) is 12.0 Å². The van der Waals surface area contributed by atoms with Crippen molar-refractivity contribution < 1.29 is 13.2 Å². The predicted octanol–water partition coefficient (Wildman–Crippen LogP) is 3.48. The maximum Gasteiger partial charge on any atom is 0.390 e. The van der Waals surface area contributed by atoms with Gasteiger partial charge in [-0.1, -0.05) is 11.6 Å². The van der Waals surface area contributed by atoms with Crippen molar-refractivity contribution in [1.29, 1.82) is 0 Å². The summed E-state index contributed by atoms with van der Waals surface area (Å²) in [6.45, 7) is 0. The first-order valence-corrected chi connectivity index (χ1v) is 5.58. The van der Waals surface area contributed by atoms with Crippen LogP contribution in [0, 0.1) is 0 Å². The molecule has 0 radical (unpaired) electrons. The van der Waals surface area contributed by atoms with E-state index in [1.54, 1.807) is 12.1 Å². The van der Waals surface area contributed by atoms with Crippen molar-refractivity contribution in [2.45, 2.75) is 25.1 Å². The molecule has 1 aromatic heterocycles. The zero-order valence-corrected chi connectivity index (χ0v) is 9.64. The molecule has 15 heavy (non-hydrogen) atoms. The Hall–Kier alpha value is -0.260. The van der Waals surface area contributed by atoms with Crippen molar-refractivity contribution in [3.05, 3.63) is 21.3 Å². The van der Waals surface area contributed by atoms with Gasteiger partial charge in [0.2, 0.25) is 0 Å².